The molecule has 0 aliphatic carbocycles. The molecule has 9 nitrogen and oxygen atoms in total. The number of aromatic nitrogens is 5. The molecule has 2 saturated heterocycles. The third kappa shape index (κ3) is 3.83. The number of aryl methyl sites for hydroxylation is 1. The van der Waals surface area contributed by atoms with Crippen molar-refractivity contribution in [2.75, 3.05) is 10.6 Å². The molecule has 0 saturated carbocycles. The van der Waals surface area contributed by atoms with E-state index in [0.29, 0.717) is 23.1 Å². The Morgan fingerprint density at radius 3 is 2.56 bits per heavy atom. The number of piperidine rings is 1. The van der Waals surface area contributed by atoms with Gasteiger partial charge in [-0.3, -0.25) is 14.9 Å². The van der Waals surface area contributed by atoms with Gasteiger partial charge in [-0.1, -0.05) is 12.1 Å². The second-order valence-corrected chi connectivity index (χ2v) is 9.12. The third-order valence-electron chi connectivity index (χ3n) is 6.78. The predicted octanol–water partition coefficient (Wildman–Crippen LogP) is 4.05. The Balaban J connectivity index is 1.23. The molecule has 2 unspecified atom stereocenters. The van der Waals surface area contributed by atoms with E-state index < -0.39 is 0 Å². The number of carbonyl (C=O) groups is 1. The van der Waals surface area contributed by atoms with Gasteiger partial charge in [0.15, 0.2) is 5.82 Å². The summed E-state index contributed by atoms with van der Waals surface area (Å²) in [5.74, 6) is 2.13. The highest BCUT2D eigenvalue weighted by Crippen LogP contribution is 2.38. The lowest BCUT2D eigenvalue weighted by Crippen LogP contribution is -2.49. The molecule has 6 rings (SSSR count). The zero-order valence-electron chi connectivity index (χ0n) is 18.9. The molecule has 0 spiro atoms. The number of hydrogen-bond donors (Lipinski definition) is 3. The van der Waals surface area contributed by atoms with Crippen molar-refractivity contribution >= 4 is 34.4 Å². The van der Waals surface area contributed by atoms with E-state index in [9.17, 15) is 4.79 Å². The van der Waals surface area contributed by atoms with Gasteiger partial charge < -0.3 is 15.5 Å². The first-order valence-electron chi connectivity index (χ1n) is 11.7. The van der Waals surface area contributed by atoms with Crippen molar-refractivity contribution in [2.24, 2.45) is 0 Å². The van der Waals surface area contributed by atoms with Crippen molar-refractivity contribution in [3.8, 4) is 0 Å². The summed E-state index contributed by atoms with van der Waals surface area (Å²) < 4.78 is 0. The van der Waals surface area contributed by atoms with Crippen LogP contribution >= 0.6 is 0 Å². The first-order chi connectivity index (χ1) is 16.6. The molecule has 2 bridgehead atoms. The molecule has 4 aromatic rings. The number of benzene rings is 1. The molecule has 3 N–H and O–H groups in total. The van der Waals surface area contributed by atoms with Crippen LogP contribution in [0.5, 0.6) is 0 Å². The van der Waals surface area contributed by atoms with Gasteiger partial charge in [0, 0.05) is 53.2 Å². The molecule has 1 amide bonds. The summed E-state index contributed by atoms with van der Waals surface area (Å²) in [5.41, 5.74) is 2.55. The monoisotopic (exact) mass is 454 g/mol. The zero-order chi connectivity index (χ0) is 23.1. The minimum Gasteiger partial charge on any atom is -0.351 e. The van der Waals surface area contributed by atoms with Gasteiger partial charge in [-0.2, -0.15) is 10.1 Å². The highest BCUT2D eigenvalue weighted by atomic mass is 16.2. The summed E-state index contributed by atoms with van der Waals surface area (Å²) in [4.78, 5) is 28.8. The molecule has 3 aromatic heterocycles. The summed E-state index contributed by atoms with van der Waals surface area (Å²) in [5, 5.41) is 15.1. The number of nitrogens with zero attached hydrogens (tertiary/aromatic N) is 5. The molecule has 172 valence electrons. The van der Waals surface area contributed by atoms with Crippen LogP contribution in [-0.4, -0.2) is 54.1 Å². The lowest BCUT2D eigenvalue weighted by Gasteiger charge is -2.39. The standard InChI is InChI=1S/C25H26N8O/c1-15-12-22(32-31-15)29-23-20-4-2-3-5-21(20)28-25(30-23)27-17-13-18-6-7-19(14-17)33(18)24(34)16-8-10-26-11-9-16/h2-5,8-12,17-19H,6-7,13-14H2,1H3,(H3,27,28,29,30,31,32). The van der Waals surface area contributed by atoms with Gasteiger partial charge >= 0.3 is 0 Å². The number of aromatic amines is 1. The maximum Gasteiger partial charge on any atom is 0.254 e. The summed E-state index contributed by atoms with van der Waals surface area (Å²) in [7, 11) is 0. The highest BCUT2D eigenvalue weighted by Gasteiger charge is 2.43. The van der Waals surface area contributed by atoms with Gasteiger partial charge in [0.25, 0.3) is 5.91 Å². The van der Waals surface area contributed by atoms with Crippen LogP contribution < -0.4 is 10.6 Å². The van der Waals surface area contributed by atoms with Gasteiger partial charge in [-0.05, 0) is 56.9 Å². The average Bonchev–Trinajstić information content (AvgIpc) is 3.38. The Labute approximate surface area is 197 Å². The van der Waals surface area contributed by atoms with Crippen molar-refractivity contribution in [1.29, 1.82) is 0 Å². The van der Waals surface area contributed by atoms with E-state index in [1.54, 1.807) is 24.5 Å². The number of amides is 1. The van der Waals surface area contributed by atoms with Crippen molar-refractivity contribution in [3.63, 3.8) is 0 Å². The Bertz CT molecular complexity index is 1320. The molecule has 0 radical (unpaired) electrons. The van der Waals surface area contributed by atoms with Crippen LogP contribution in [0.4, 0.5) is 17.6 Å². The largest absolute Gasteiger partial charge is 0.351 e. The zero-order valence-corrected chi connectivity index (χ0v) is 18.9. The molecule has 34 heavy (non-hydrogen) atoms. The first kappa shape index (κ1) is 20.6. The van der Waals surface area contributed by atoms with E-state index in [1.165, 1.54) is 0 Å². The number of fused-ring (bicyclic) bond motifs is 3. The molecule has 2 atom stereocenters. The lowest BCUT2D eigenvalue weighted by molar-refractivity contribution is 0.0582. The molecular formula is C25H26N8O. The smallest absolute Gasteiger partial charge is 0.254 e. The van der Waals surface area contributed by atoms with Crippen LogP contribution in [0.15, 0.2) is 54.9 Å². The number of anilines is 3. The van der Waals surface area contributed by atoms with Crippen LogP contribution in [0.1, 0.15) is 41.7 Å². The number of nitrogens with one attached hydrogen (secondary N) is 3. The third-order valence-corrected chi connectivity index (χ3v) is 6.78. The number of rotatable bonds is 5. The van der Waals surface area contributed by atoms with Crippen LogP contribution in [0, 0.1) is 6.92 Å². The first-order valence-corrected chi connectivity index (χ1v) is 11.7. The lowest BCUT2D eigenvalue weighted by atomic mass is 9.96. The second kappa shape index (κ2) is 8.40. The SMILES string of the molecule is Cc1cc(Nc2nc(NC3CC4CCC(C3)N4C(=O)c3ccncc3)nc3ccccc23)n[nH]1. The van der Waals surface area contributed by atoms with Gasteiger partial charge in [0.2, 0.25) is 5.95 Å². The Morgan fingerprint density at radius 1 is 1.06 bits per heavy atom. The summed E-state index contributed by atoms with van der Waals surface area (Å²) in [6.07, 6.45) is 7.18. The Hall–Kier alpha value is -4.01. The molecular weight excluding hydrogens is 428 g/mol. The van der Waals surface area contributed by atoms with Crippen LogP contribution in [0.2, 0.25) is 0 Å². The van der Waals surface area contributed by atoms with Crippen molar-refractivity contribution < 1.29 is 4.79 Å². The summed E-state index contributed by atoms with van der Waals surface area (Å²) >= 11 is 0. The fourth-order valence-corrected chi connectivity index (χ4v) is 5.29. The Kier molecular flexibility index (Phi) is 5.09. The summed E-state index contributed by atoms with van der Waals surface area (Å²) in [6, 6.07) is 14.1. The van der Waals surface area contributed by atoms with Crippen molar-refractivity contribution in [1.82, 2.24) is 30.0 Å². The van der Waals surface area contributed by atoms with E-state index in [4.69, 9.17) is 9.97 Å². The van der Waals surface area contributed by atoms with E-state index in [-0.39, 0.29) is 24.0 Å². The maximum absolute atomic E-state index is 13.1. The van der Waals surface area contributed by atoms with Crippen LogP contribution in [-0.2, 0) is 0 Å². The average molecular weight is 455 g/mol. The van der Waals surface area contributed by atoms with Crippen molar-refractivity contribution in [3.05, 3.63) is 66.1 Å². The summed E-state index contributed by atoms with van der Waals surface area (Å²) in [6.45, 7) is 1.96. The maximum atomic E-state index is 13.1. The van der Waals surface area contributed by atoms with Gasteiger partial charge in [-0.25, -0.2) is 4.98 Å². The fourth-order valence-electron chi connectivity index (χ4n) is 5.29. The molecule has 2 aliphatic rings. The normalized spacial score (nSPS) is 21.6. The molecule has 5 heterocycles. The van der Waals surface area contributed by atoms with Crippen LogP contribution in [0.25, 0.3) is 10.9 Å². The fraction of sp³-hybridized carbons (Fsp3) is 0.320. The van der Waals surface area contributed by atoms with Gasteiger partial charge in [0.05, 0.1) is 5.52 Å². The molecule has 1 aromatic carbocycles. The van der Waals surface area contributed by atoms with E-state index in [0.717, 1.165) is 42.3 Å². The van der Waals surface area contributed by atoms with Crippen LogP contribution in [0.3, 0.4) is 0 Å². The van der Waals surface area contributed by atoms with Crippen molar-refractivity contribution in [2.45, 2.75) is 50.7 Å². The van der Waals surface area contributed by atoms with E-state index in [2.05, 4.69) is 30.7 Å². The quantitative estimate of drug-likeness (QED) is 0.417. The molecule has 2 aliphatic heterocycles. The number of para-hydroxylation sites is 1. The number of carbonyl (C=O) groups excluding carboxylic acids is 1. The number of pyridine rings is 1. The second-order valence-electron chi connectivity index (χ2n) is 9.12. The Morgan fingerprint density at radius 2 is 1.82 bits per heavy atom. The number of H-pyrrole nitrogens is 1. The van der Waals surface area contributed by atoms with E-state index >= 15 is 0 Å². The topological polar surface area (TPSA) is 112 Å². The minimum absolute atomic E-state index is 0.107. The predicted molar refractivity (Wildman–Crippen MR) is 130 cm³/mol. The minimum atomic E-state index is 0.107. The molecule has 9 heteroatoms. The number of hydrogen-bond acceptors (Lipinski definition) is 7. The van der Waals surface area contributed by atoms with Gasteiger partial charge in [0.1, 0.15) is 5.82 Å². The molecule has 2 fully saturated rings. The van der Waals surface area contributed by atoms with E-state index in [1.807, 2.05) is 37.3 Å². The highest BCUT2D eigenvalue weighted by molar-refractivity contribution is 5.95. The van der Waals surface area contributed by atoms with Gasteiger partial charge in [-0.15, -0.1) is 0 Å².